The monoisotopic (exact) mass is 281 g/mol. The van der Waals surface area contributed by atoms with Crippen LogP contribution in [0.4, 0.5) is 0 Å². The van der Waals surface area contributed by atoms with Crippen molar-refractivity contribution >= 4 is 11.2 Å². The Kier molecular flexibility index (Phi) is 2.94. The molecule has 0 aromatic carbocycles. The SMILES string of the molecule is Cc1ncnc2c1nnn2[C@@H]1O[C@H](CO)[C@@H](O)[C@@]1(C)O. The number of hydrogen-bond acceptors (Lipinski definition) is 8. The quantitative estimate of drug-likeness (QED) is 0.609. The maximum atomic E-state index is 10.4. The fourth-order valence-corrected chi connectivity index (χ4v) is 2.38. The van der Waals surface area contributed by atoms with Crippen molar-refractivity contribution in [2.75, 3.05) is 6.61 Å². The summed E-state index contributed by atoms with van der Waals surface area (Å²) in [6, 6.07) is 0. The lowest BCUT2D eigenvalue weighted by molar-refractivity contribution is -0.101. The summed E-state index contributed by atoms with van der Waals surface area (Å²) in [4.78, 5) is 8.09. The van der Waals surface area contributed by atoms with Gasteiger partial charge in [0.1, 0.15) is 24.1 Å². The number of hydrogen-bond donors (Lipinski definition) is 3. The molecule has 0 spiro atoms. The molecule has 1 saturated heterocycles. The first kappa shape index (κ1) is 13.3. The van der Waals surface area contributed by atoms with Crippen LogP contribution in [0.5, 0.6) is 0 Å². The van der Waals surface area contributed by atoms with E-state index >= 15 is 0 Å². The Morgan fingerprint density at radius 3 is 2.85 bits per heavy atom. The zero-order chi connectivity index (χ0) is 14.5. The molecule has 1 fully saturated rings. The predicted octanol–water partition coefficient (Wildman–Crippen LogP) is -1.47. The van der Waals surface area contributed by atoms with E-state index < -0.39 is 30.6 Å². The summed E-state index contributed by atoms with van der Waals surface area (Å²) in [7, 11) is 0. The molecular formula is C11H15N5O4. The molecule has 3 rings (SSSR count). The van der Waals surface area contributed by atoms with E-state index in [4.69, 9.17) is 4.74 Å². The average molecular weight is 281 g/mol. The molecule has 108 valence electrons. The van der Waals surface area contributed by atoms with Crippen molar-refractivity contribution < 1.29 is 20.1 Å². The van der Waals surface area contributed by atoms with Crippen LogP contribution in [0.15, 0.2) is 6.33 Å². The molecule has 9 heteroatoms. The van der Waals surface area contributed by atoms with E-state index in [1.807, 2.05) is 0 Å². The third kappa shape index (κ3) is 1.71. The average Bonchev–Trinajstić information content (AvgIpc) is 2.92. The molecule has 9 nitrogen and oxygen atoms in total. The number of nitrogens with zero attached hydrogens (tertiary/aromatic N) is 5. The molecule has 1 aliphatic heterocycles. The number of fused-ring (bicyclic) bond motifs is 1. The predicted molar refractivity (Wildman–Crippen MR) is 65.5 cm³/mol. The van der Waals surface area contributed by atoms with Crippen molar-refractivity contribution in [1.29, 1.82) is 0 Å². The molecule has 0 unspecified atom stereocenters. The normalized spacial score (nSPS) is 34.0. The zero-order valence-electron chi connectivity index (χ0n) is 11.0. The van der Waals surface area contributed by atoms with Crippen molar-refractivity contribution in [2.24, 2.45) is 0 Å². The second-order valence-corrected chi connectivity index (χ2v) is 5.05. The third-order valence-electron chi connectivity index (χ3n) is 3.60. The molecule has 3 N–H and O–H groups in total. The van der Waals surface area contributed by atoms with Crippen LogP contribution in [0.1, 0.15) is 18.8 Å². The van der Waals surface area contributed by atoms with Gasteiger partial charge in [-0.15, -0.1) is 5.10 Å². The molecule has 1 aliphatic rings. The van der Waals surface area contributed by atoms with Gasteiger partial charge in [-0.2, -0.15) is 4.68 Å². The van der Waals surface area contributed by atoms with Crippen LogP contribution in [-0.2, 0) is 4.74 Å². The summed E-state index contributed by atoms with van der Waals surface area (Å²) in [5, 5.41) is 37.4. The molecule has 0 radical (unpaired) electrons. The Balaban J connectivity index is 2.10. The topological polar surface area (TPSA) is 126 Å². The minimum absolute atomic E-state index is 0.397. The zero-order valence-corrected chi connectivity index (χ0v) is 11.0. The van der Waals surface area contributed by atoms with E-state index in [0.29, 0.717) is 16.9 Å². The lowest BCUT2D eigenvalue weighted by atomic mass is 9.97. The van der Waals surface area contributed by atoms with E-state index in [0.717, 1.165) is 0 Å². The van der Waals surface area contributed by atoms with Gasteiger partial charge in [0.25, 0.3) is 0 Å². The van der Waals surface area contributed by atoms with Gasteiger partial charge in [-0.1, -0.05) is 5.21 Å². The van der Waals surface area contributed by atoms with Crippen molar-refractivity contribution in [3.8, 4) is 0 Å². The van der Waals surface area contributed by atoms with Crippen molar-refractivity contribution in [2.45, 2.75) is 37.9 Å². The van der Waals surface area contributed by atoms with Crippen LogP contribution < -0.4 is 0 Å². The first-order chi connectivity index (χ1) is 9.46. The van der Waals surface area contributed by atoms with Crippen LogP contribution in [0.25, 0.3) is 11.2 Å². The summed E-state index contributed by atoms with van der Waals surface area (Å²) in [5.74, 6) is 0. The molecular weight excluding hydrogens is 266 g/mol. The number of ether oxygens (including phenoxy) is 1. The van der Waals surface area contributed by atoms with Gasteiger partial charge in [-0.25, -0.2) is 9.97 Å². The van der Waals surface area contributed by atoms with E-state index in [9.17, 15) is 15.3 Å². The highest BCUT2D eigenvalue weighted by atomic mass is 16.6. The molecule has 2 aromatic heterocycles. The highest BCUT2D eigenvalue weighted by Crippen LogP contribution is 2.38. The molecule has 2 aromatic rings. The van der Waals surface area contributed by atoms with Crippen molar-refractivity contribution in [3.63, 3.8) is 0 Å². The van der Waals surface area contributed by atoms with Crippen molar-refractivity contribution in [3.05, 3.63) is 12.0 Å². The minimum atomic E-state index is -1.62. The first-order valence-electron chi connectivity index (χ1n) is 6.16. The van der Waals surface area contributed by atoms with E-state index in [1.54, 1.807) is 6.92 Å². The minimum Gasteiger partial charge on any atom is -0.394 e. The maximum Gasteiger partial charge on any atom is 0.185 e. The lowest BCUT2D eigenvalue weighted by Gasteiger charge is -2.26. The smallest absolute Gasteiger partial charge is 0.185 e. The van der Waals surface area contributed by atoms with Gasteiger partial charge in [-0.3, -0.25) is 0 Å². The lowest BCUT2D eigenvalue weighted by Crippen LogP contribution is -2.44. The standard InChI is InChI=1S/C11H15N5O4/c1-5-7-9(13-4-12-5)16(15-14-7)10-11(2,19)8(18)6(3-17)20-10/h4,6,8,10,17-19H,3H2,1-2H3/t6-,8-,10-,11-/m1/s1. The number of aliphatic hydroxyl groups is 3. The highest BCUT2D eigenvalue weighted by molar-refractivity contribution is 5.71. The van der Waals surface area contributed by atoms with E-state index in [2.05, 4.69) is 20.3 Å². The molecule has 20 heavy (non-hydrogen) atoms. The van der Waals surface area contributed by atoms with Gasteiger partial charge in [0, 0.05) is 0 Å². The number of aliphatic hydroxyl groups excluding tert-OH is 2. The molecule has 0 amide bonds. The molecule has 0 bridgehead atoms. The van der Waals surface area contributed by atoms with Gasteiger partial charge in [-0.05, 0) is 13.8 Å². The van der Waals surface area contributed by atoms with Gasteiger partial charge >= 0.3 is 0 Å². The van der Waals surface area contributed by atoms with E-state index in [-0.39, 0.29) is 0 Å². The first-order valence-corrected chi connectivity index (χ1v) is 6.16. The Morgan fingerprint density at radius 1 is 1.45 bits per heavy atom. The van der Waals surface area contributed by atoms with Crippen molar-refractivity contribution in [1.82, 2.24) is 25.0 Å². The Bertz CT molecular complexity index is 643. The Hall–Kier alpha value is -1.68. The number of rotatable bonds is 2. The van der Waals surface area contributed by atoms with Crippen LogP contribution in [0.3, 0.4) is 0 Å². The molecule has 0 saturated carbocycles. The molecule has 4 atom stereocenters. The van der Waals surface area contributed by atoms with Gasteiger partial charge < -0.3 is 20.1 Å². The summed E-state index contributed by atoms with van der Waals surface area (Å²) >= 11 is 0. The third-order valence-corrected chi connectivity index (χ3v) is 3.60. The largest absolute Gasteiger partial charge is 0.394 e. The maximum absolute atomic E-state index is 10.4. The molecule has 0 aliphatic carbocycles. The fraction of sp³-hybridized carbons (Fsp3) is 0.636. The summed E-state index contributed by atoms with van der Waals surface area (Å²) < 4.78 is 6.78. The van der Waals surface area contributed by atoms with Crippen LogP contribution in [0, 0.1) is 6.92 Å². The van der Waals surface area contributed by atoms with Crippen LogP contribution in [-0.4, -0.2) is 64.7 Å². The van der Waals surface area contributed by atoms with Gasteiger partial charge in [0.2, 0.25) is 0 Å². The molecule has 3 heterocycles. The summed E-state index contributed by atoms with van der Waals surface area (Å²) in [6.45, 7) is 2.77. The summed E-state index contributed by atoms with van der Waals surface area (Å²) in [6.07, 6.45) is -1.76. The van der Waals surface area contributed by atoms with Crippen LogP contribution in [0.2, 0.25) is 0 Å². The Morgan fingerprint density at radius 2 is 2.20 bits per heavy atom. The number of aromatic nitrogens is 5. The van der Waals surface area contributed by atoms with Crippen LogP contribution >= 0.6 is 0 Å². The number of aryl methyl sites for hydroxylation is 1. The van der Waals surface area contributed by atoms with E-state index in [1.165, 1.54) is 17.9 Å². The fourth-order valence-electron chi connectivity index (χ4n) is 2.38. The second kappa shape index (κ2) is 4.42. The second-order valence-electron chi connectivity index (χ2n) is 5.05. The van der Waals surface area contributed by atoms with Gasteiger partial charge in [0.05, 0.1) is 12.3 Å². The Labute approximate surface area is 113 Å². The summed E-state index contributed by atoms with van der Waals surface area (Å²) in [5.41, 5.74) is -0.0760. The highest BCUT2D eigenvalue weighted by Gasteiger charge is 2.53. The van der Waals surface area contributed by atoms with Gasteiger partial charge in [0.15, 0.2) is 17.4 Å².